The third kappa shape index (κ3) is 3.91. The summed E-state index contributed by atoms with van der Waals surface area (Å²) in [6, 6.07) is 21.0. The minimum Gasteiger partial charge on any atom is -0.497 e. The van der Waals surface area contributed by atoms with E-state index in [4.69, 9.17) is 14.5 Å². The summed E-state index contributed by atoms with van der Waals surface area (Å²) < 4.78 is 12.5. The molecule has 0 aliphatic carbocycles. The molecular weight excluding hydrogens is 396 g/mol. The summed E-state index contributed by atoms with van der Waals surface area (Å²) in [5.41, 5.74) is 3.51. The van der Waals surface area contributed by atoms with E-state index in [2.05, 4.69) is 6.07 Å². The van der Waals surface area contributed by atoms with Crippen LogP contribution in [-0.4, -0.2) is 23.8 Å². The fraction of sp³-hybridized carbons (Fsp3) is 0.167. The van der Waals surface area contributed by atoms with Gasteiger partial charge in [0.2, 0.25) is 0 Å². The number of aromatic nitrogens is 2. The molecule has 6 heteroatoms. The van der Waals surface area contributed by atoms with Gasteiger partial charge in [-0.1, -0.05) is 47.7 Å². The monoisotopic (exact) mass is 418 g/mol. The number of aryl methyl sites for hydroxylation is 1. The van der Waals surface area contributed by atoms with Gasteiger partial charge >= 0.3 is 0 Å². The number of hydrogen-bond donors (Lipinski definition) is 0. The maximum absolute atomic E-state index is 13.4. The molecule has 0 amide bonds. The molecule has 0 aliphatic rings. The van der Waals surface area contributed by atoms with Crippen molar-refractivity contribution in [3.05, 3.63) is 88.2 Å². The van der Waals surface area contributed by atoms with Crippen molar-refractivity contribution in [1.82, 2.24) is 9.55 Å². The lowest BCUT2D eigenvalue weighted by Crippen LogP contribution is -2.21. The fourth-order valence-electron chi connectivity index (χ4n) is 3.35. The van der Waals surface area contributed by atoms with Crippen molar-refractivity contribution in [2.75, 3.05) is 14.2 Å². The molecule has 0 N–H and O–H groups in total. The molecule has 0 fully saturated rings. The summed E-state index contributed by atoms with van der Waals surface area (Å²) in [6.45, 7) is 2.05. The third-order valence-electron chi connectivity index (χ3n) is 4.85. The zero-order valence-electron chi connectivity index (χ0n) is 17.1. The van der Waals surface area contributed by atoms with Gasteiger partial charge in [-0.05, 0) is 37.3 Å². The second-order valence-electron chi connectivity index (χ2n) is 6.86. The molecule has 30 heavy (non-hydrogen) atoms. The van der Waals surface area contributed by atoms with Crippen molar-refractivity contribution in [3.63, 3.8) is 0 Å². The van der Waals surface area contributed by atoms with Crippen LogP contribution in [0.15, 0.2) is 76.7 Å². The van der Waals surface area contributed by atoms with Gasteiger partial charge < -0.3 is 9.47 Å². The standard InChI is InChI=1S/C24H22N2O3S/c1-16-11-12-22(29-3)17(13-16)15-30-24-25-21-10-5-4-9-20(21)23(27)26(24)18-7-6-8-19(14-18)28-2/h4-14H,15H2,1-3H3. The highest BCUT2D eigenvalue weighted by Gasteiger charge is 2.15. The molecule has 1 heterocycles. The summed E-state index contributed by atoms with van der Waals surface area (Å²) in [6.07, 6.45) is 0. The second kappa shape index (κ2) is 8.63. The Hall–Kier alpha value is -3.25. The Kier molecular flexibility index (Phi) is 5.77. The lowest BCUT2D eigenvalue weighted by atomic mass is 10.1. The first-order valence-corrected chi connectivity index (χ1v) is 10.5. The Morgan fingerprint density at radius 1 is 0.967 bits per heavy atom. The lowest BCUT2D eigenvalue weighted by molar-refractivity contribution is 0.411. The van der Waals surface area contributed by atoms with Crippen molar-refractivity contribution >= 4 is 22.7 Å². The average molecular weight is 419 g/mol. The van der Waals surface area contributed by atoms with Crippen molar-refractivity contribution in [2.45, 2.75) is 17.8 Å². The topological polar surface area (TPSA) is 53.4 Å². The first-order valence-electron chi connectivity index (χ1n) is 9.53. The molecule has 4 rings (SSSR count). The van der Waals surface area contributed by atoms with Crippen LogP contribution in [0.2, 0.25) is 0 Å². The van der Waals surface area contributed by atoms with E-state index in [-0.39, 0.29) is 5.56 Å². The number of ether oxygens (including phenoxy) is 2. The van der Waals surface area contributed by atoms with Gasteiger partial charge in [0.15, 0.2) is 5.16 Å². The number of hydrogen-bond acceptors (Lipinski definition) is 5. The van der Waals surface area contributed by atoms with Gasteiger partial charge in [-0.2, -0.15) is 0 Å². The van der Waals surface area contributed by atoms with Crippen LogP contribution in [0.25, 0.3) is 16.6 Å². The van der Waals surface area contributed by atoms with Gasteiger partial charge in [0.05, 0.1) is 30.8 Å². The number of fused-ring (bicyclic) bond motifs is 1. The summed E-state index contributed by atoms with van der Waals surface area (Å²) in [7, 11) is 3.28. The van der Waals surface area contributed by atoms with Crippen molar-refractivity contribution in [2.24, 2.45) is 0 Å². The van der Waals surface area contributed by atoms with Gasteiger partial charge in [-0.3, -0.25) is 9.36 Å². The molecule has 3 aromatic carbocycles. The van der Waals surface area contributed by atoms with E-state index in [0.717, 1.165) is 22.6 Å². The van der Waals surface area contributed by atoms with Crippen molar-refractivity contribution in [3.8, 4) is 17.2 Å². The van der Waals surface area contributed by atoms with Crippen molar-refractivity contribution < 1.29 is 9.47 Å². The highest BCUT2D eigenvalue weighted by molar-refractivity contribution is 7.98. The summed E-state index contributed by atoms with van der Waals surface area (Å²) in [5, 5.41) is 1.20. The highest BCUT2D eigenvalue weighted by atomic mass is 32.2. The number of thioether (sulfide) groups is 1. The Morgan fingerprint density at radius 3 is 2.60 bits per heavy atom. The molecule has 0 radical (unpaired) electrons. The van der Waals surface area contributed by atoms with Gasteiger partial charge in [0.1, 0.15) is 11.5 Å². The van der Waals surface area contributed by atoms with E-state index in [1.54, 1.807) is 24.9 Å². The molecular formula is C24H22N2O3S. The van der Waals surface area contributed by atoms with Crippen LogP contribution in [0.5, 0.6) is 11.5 Å². The van der Waals surface area contributed by atoms with E-state index < -0.39 is 0 Å². The maximum Gasteiger partial charge on any atom is 0.266 e. The van der Waals surface area contributed by atoms with Crippen LogP contribution in [0, 0.1) is 6.92 Å². The normalized spacial score (nSPS) is 10.9. The maximum atomic E-state index is 13.4. The molecule has 1 aromatic heterocycles. The van der Waals surface area contributed by atoms with Crippen LogP contribution in [0.1, 0.15) is 11.1 Å². The molecule has 0 atom stereocenters. The molecule has 0 saturated carbocycles. The predicted octanol–water partition coefficient (Wildman–Crippen LogP) is 5.00. The predicted molar refractivity (Wildman–Crippen MR) is 121 cm³/mol. The van der Waals surface area contributed by atoms with Crippen LogP contribution in [-0.2, 0) is 5.75 Å². The largest absolute Gasteiger partial charge is 0.497 e. The number of methoxy groups -OCH3 is 2. The first-order chi connectivity index (χ1) is 14.6. The number of para-hydroxylation sites is 1. The Morgan fingerprint density at radius 2 is 1.80 bits per heavy atom. The quantitative estimate of drug-likeness (QED) is 0.326. The Balaban J connectivity index is 1.84. The summed E-state index contributed by atoms with van der Waals surface area (Å²) >= 11 is 1.51. The Labute approximate surface area is 179 Å². The molecule has 0 spiro atoms. The zero-order valence-corrected chi connectivity index (χ0v) is 17.9. The van der Waals surface area contributed by atoms with Gasteiger partial charge in [-0.15, -0.1) is 0 Å². The number of benzene rings is 3. The van der Waals surface area contributed by atoms with E-state index in [1.807, 2.05) is 61.5 Å². The van der Waals surface area contributed by atoms with Crippen LogP contribution in [0.4, 0.5) is 0 Å². The summed E-state index contributed by atoms with van der Waals surface area (Å²) in [5.74, 6) is 2.13. The van der Waals surface area contributed by atoms with Crippen LogP contribution >= 0.6 is 11.8 Å². The lowest BCUT2D eigenvalue weighted by Gasteiger charge is -2.15. The van der Waals surface area contributed by atoms with Gasteiger partial charge in [0, 0.05) is 17.4 Å². The molecule has 0 bridgehead atoms. The molecule has 152 valence electrons. The molecule has 0 aliphatic heterocycles. The number of rotatable bonds is 6. The molecule has 4 aromatic rings. The van der Waals surface area contributed by atoms with E-state index >= 15 is 0 Å². The molecule has 5 nitrogen and oxygen atoms in total. The molecule has 0 unspecified atom stereocenters. The SMILES string of the molecule is COc1cccc(-n2c(SCc3cc(C)ccc3OC)nc3ccccc3c2=O)c1. The fourth-order valence-corrected chi connectivity index (χ4v) is 4.34. The van der Waals surface area contributed by atoms with Gasteiger partial charge in [0.25, 0.3) is 5.56 Å². The average Bonchev–Trinajstić information content (AvgIpc) is 2.78. The third-order valence-corrected chi connectivity index (χ3v) is 5.84. The Bertz CT molecular complexity index is 1270. The van der Waals surface area contributed by atoms with E-state index in [0.29, 0.717) is 27.6 Å². The second-order valence-corrected chi connectivity index (χ2v) is 7.80. The van der Waals surface area contributed by atoms with Gasteiger partial charge in [-0.25, -0.2) is 4.98 Å². The smallest absolute Gasteiger partial charge is 0.266 e. The number of nitrogens with zero attached hydrogens (tertiary/aromatic N) is 2. The van der Waals surface area contributed by atoms with Crippen LogP contribution in [0.3, 0.4) is 0 Å². The summed E-state index contributed by atoms with van der Waals surface area (Å²) in [4.78, 5) is 18.2. The minimum atomic E-state index is -0.104. The zero-order chi connectivity index (χ0) is 21.1. The highest BCUT2D eigenvalue weighted by Crippen LogP contribution is 2.30. The van der Waals surface area contributed by atoms with E-state index in [9.17, 15) is 4.79 Å². The minimum absolute atomic E-state index is 0.104. The van der Waals surface area contributed by atoms with E-state index in [1.165, 1.54) is 11.8 Å². The van der Waals surface area contributed by atoms with Crippen LogP contribution < -0.4 is 15.0 Å². The molecule has 0 saturated heterocycles. The first kappa shape index (κ1) is 20.0. The van der Waals surface area contributed by atoms with Crippen molar-refractivity contribution in [1.29, 1.82) is 0 Å².